The fourth-order valence-electron chi connectivity index (χ4n) is 2.43. The lowest BCUT2D eigenvalue weighted by atomic mass is 9.95. The molecule has 0 radical (unpaired) electrons. The van der Waals surface area contributed by atoms with Crippen molar-refractivity contribution >= 4 is 17.3 Å². The molecular weight excluding hydrogens is 290 g/mol. The summed E-state index contributed by atoms with van der Waals surface area (Å²) >= 11 is 5.94. The Bertz CT molecular complexity index is 608. The highest BCUT2D eigenvalue weighted by Gasteiger charge is 2.34. The van der Waals surface area contributed by atoms with Crippen molar-refractivity contribution in [3.05, 3.63) is 41.0 Å². The summed E-state index contributed by atoms with van der Waals surface area (Å²) < 4.78 is 11.1. The van der Waals surface area contributed by atoms with E-state index in [2.05, 4.69) is 15.5 Å². The Hall–Kier alpha value is -1.59. The number of benzene rings is 1. The molecule has 2 heterocycles. The van der Waals surface area contributed by atoms with Crippen LogP contribution in [-0.4, -0.2) is 16.7 Å². The summed E-state index contributed by atoms with van der Waals surface area (Å²) in [5.41, 5.74) is 0.498. The lowest BCUT2D eigenvalue weighted by Crippen LogP contribution is -2.31. The number of nitrogens with one attached hydrogen (secondary N) is 1. The average molecular weight is 308 g/mol. The topological polar surface area (TPSA) is 60.2 Å². The number of hydrogen-bond donors (Lipinski definition) is 1. The number of nitrogens with zero attached hydrogens (tertiary/aromatic N) is 2. The molecule has 6 heteroatoms. The van der Waals surface area contributed by atoms with E-state index < -0.39 is 5.60 Å². The Balaban J connectivity index is 1.65. The monoisotopic (exact) mass is 307 g/mol. The van der Waals surface area contributed by atoms with E-state index in [0.29, 0.717) is 23.3 Å². The quantitative estimate of drug-likeness (QED) is 0.932. The van der Waals surface area contributed by atoms with E-state index in [-0.39, 0.29) is 0 Å². The maximum atomic E-state index is 5.94. The summed E-state index contributed by atoms with van der Waals surface area (Å²) in [7, 11) is 0. The average Bonchev–Trinajstić information content (AvgIpc) is 2.96. The van der Waals surface area contributed by atoms with Gasteiger partial charge in [-0.2, -0.15) is 4.98 Å². The molecule has 0 amide bonds. The summed E-state index contributed by atoms with van der Waals surface area (Å²) in [6.45, 7) is 3.23. The van der Waals surface area contributed by atoms with Crippen LogP contribution in [0.1, 0.15) is 37.9 Å². The molecule has 0 spiro atoms. The highest BCUT2D eigenvalue weighted by atomic mass is 35.5. The van der Waals surface area contributed by atoms with Crippen molar-refractivity contribution in [2.75, 3.05) is 11.9 Å². The van der Waals surface area contributed by atoms with Gasteiger partial charge in [0, 0.05) is 17.3 Å². The second-order valence-corrected chi connectivity index (χ2v) is 5.85. The normalized spacial score (nSPS) is 22.2. The third-order valence-corrected chi connectivity index (χ3v) is 3.91. The third-order valence-electron chi connectivity index (χ3n) is 3.68. The lowest BCUT2D eigenvalue weighted by molar-refractivity contribution is -0.0770. The predicted octanol–water partition coefficient (Wildman–Crippen LogP) is 3.75. The molecule has 5 nitrogen and oxygen atoms in total. The molecule has 1 saturated heterocycles. The van der Waals surface area contributed by atoms with Crippen molar-refractivity contribution < 1.29 is 9.26 Å². The molecule has 1 aliphatic rings. The fraction of sp³-hybridized carbons (Fsp3) is 0.467. The van der Waals surface area contributed by atoms with Gasteiger partial charge >= 0.3 is 0 Å². The third kappa shape index (κ3) is 3.36. The molecule has 1 aromatic heterocycles. The lowest BCUT2D eigenvalue weighted by Gasteiger charge is -2.30. The Morgan fingerprint density at radius 3 is 3.05 bits per heavy atom. The summed E-state index contributed by atoms with van der Waals surface area (Å²) in [6, 6.07) is 7.51. The van der Waals surface area contributed by atoms with Crippen molar-refractivity contribution in [3.8, 4) is 0 Å². The van der Waals surface area contributed by atoms with Gasteiger partial charge < -0.3 is 14.6 Å². The zero-order valence-corrected chi connectivity index (χ0v) is 12.7. The van der Waals surface area contributed by atoms with E-state index in [1.54, 1.807) is 0 Å². The van der Waals surface area contributed by atoms with Crippen molar-refractivity contribution in [3.63, 3.8) is 0 Å². The van der Waals surface area contributed by atoms with E-state index in [1.807, 2.05) is 31.2 Å². The minimum absolute atomic E-state index is 0.421. The molecule has 1 fully saturated rings. The van der Waals surface area contributed by atoms with Crippen LogP contribution in [0.5, 0.6) is 0 Å². The zero-order chi connectivity index (χ0) is 14.7. The second-order valence-electron chi connectivity index (χ2n) is 5.41. The number of hydrogen-bond acceptors (Lipinski definition) is 5. The number of aromatic nitrogens is 2. The van der Waals surface area contributed by atoms with Crippen molar-refractivity contribution in [1.29, 1.82) is 0 Å². The van der Waals surface area contributed by atoms with Gasteiger partial charge in [-0.3, -0.25) is 0 Å². The number of anilines is 1. The highest BCUT2D eigenvalue weighted by molar-refractivity contribution is 6.30. The molecule has 1 aromatic carbocycles. The molecule has 0 saturated carbocycles. The Morgan fingerprint density at radius 1 is 1.38 bits per heavy atom. The van der Waals surface area contributed by atoms with Gasteiger partial charge in [0.15, 0.2) is 0 Å². The Kier molecular flexibility index (Phi) is 4.12. The molecule has 2 aromatic rings. The standard InChI is InChI=1S/C15H18ClN3O2/c1-15(7-2-3-8-20-15)14-18-13(21-19-14)10-17-12-6-4-5-11(16)9-12/h4-6,9,17H,2-3,7-8,10H2,1H3. The van der Waals surface area contributed by atoms with Gasteiger partial charge in [0.2, 0.25) is 11.7 Å². The number of ether oxygens (including phenoxy) is 1. The van der Waals surface area contributed by atoms with Crippen molar-refractivity contribution in [2.45, 2.75) is 38.3 Å². The smallest absolute Gasteiger partial charge is 0.246 e. The van der Waals surface area contributed by atoms with Gasteiger partial charge in [-0.1, -0.05) is 22.8 Å². The van der Waals surface area contributed by atoms with E-state index >= 15 is 0 Å². The van der Waals surface area contributed by atoms with Crippen molar-refractivity contribution in [2.24, 2.45) is 0 Å². The van der Waals surface area contributed by atoms with Gasteiger partial charge in [0.1, 0.15) is 5.60 Å². The second kappa shape index (κ2) is 6.03. The van der Waals surface area contributed by atoms with E-state index in [4.69, 9.17) is 20.9 Å². The number of rotatable bonds is 4. The molecule has 0 aliphatic carbocycles. The van der Waals surface area contributed by atoms with Crippen LogP contribution in [0.25, 0.3) is 0 Å². The minimum atomic E-state index is -0.421. The molecule has 1 N–H and O–H groups in total. The van der Waals surface area contributed by atoms with Crippen molar-refractivity contribution in [1.82, 2.24) is 10.1 Å². The van der Waals surface area contributed by atoms with Crippen LogP contribution in [0.3, 0.4) is 0 Å². The maximum absolute atomic E-state index is 5.94. The van der Waals surface area contributed by atoms with Crippen LogP contribution in [0.4, 0.5) is 5.69 Å². The molecule has 3 rings (SSSR count). The molecule has 0 bridgehead atoms. The fourth-order valence-corrected chi connectivity index (χ4v) is 2.62. The SMILES string of the molecule is CC1(c2noc(CNc3cccc(Cl)c3)n2)CCCCO1. The van der Waals surface area contributed by atoms with Crippen LogP contribution >= 0.6 is 11.6 Å². The van der Waals surface area contributed by atoms with E-state index in [0.717, 1.165) is 31.6 Å². The first-order valence-electron chi connectivity index (χ1n) is 7.12. The highest BCUT2D eigenvalue weighted by Crippen LogP contribution is 2.32. The Morgan fingerprint density at radius 2 is 2.29 bits per heavy atom. The maximum Gasteiger partial charge on any atom is 0.246 e. The first kappa shape index (κ1) is 14.4. The van der Waals surface area contributed by atoms with Gasteiger partial charge in [0.25, 0.3) is 0 Å². The largest absolute Gasteiger partial charge is 0.376 e. The molecule has 1 unspecified atom stereocenters. The van der Waals surface area contributed by atoms with E-state index in [9.17, 15) is 0 Å². The van der Waals surface area contributed by atoms with Gasteiger partial charge in [-0.25, -0.2) is 0 Å². The first-order valence-corrected chi connectivity index (χ1v) is 7.50. The minimum Gasteiger partial charge on any atom is -0.376 e. The van der Waals surface area contributed by atoms with Crippen LogP contribution in [0, 0.1) is 0 Å². The molecule has 1 aliphatic heterocycles. The summed E-state index contributed by atoms with van der Waals surface area (Å²) in [4.78, 5) is 4.44. The van der Waals surface area contributed by atoms with Crippen LogP contribution in [0.15, 0.2) is 28.8 Å². The molecule has 1 atom stereocenters. The van der Waals surface area contributed by atoms with Gasteiger partial charge in [0.05, 0.1) is 6.54 Å². The molecule has 112 valence electrons. The number of halogens is 1. The molecule has 21 heavy (non-hydrogen) atoms. The summed E-state index contributed by atoms with van der Waals surface area (Å²) in [5.74, 6) is 1.17. The van der Waals surface area contributed by atoms with Gasteiger partial charge in [-0.15, -0.1) is 0 Å². The molecular formula is C15H18ClN3O2. The first-order chi connectivity index (χ1) is 10.2. The predicted molar refractivity (Wildman–Crippen MR) is 80.2 cm³/mol. The van der Waals surface area contributed by atoms with Crippen LogP contribution in [-0.2, 0) is 16.9 Å². The van der Waals surface area contributed by atoms with Gasteiger partial charge in [-0.05, 0) is 44.4 Å². The van der Waals surface area contributed by atoms with Crippen LogP contribution in [0.2, 0.25) is 5.02 Å². The van der Waals surface area contributed by atoms with E-state index in [1.165, 1.54) is 0 Å². The summed E-state index contributed by atoms with van der Waals surface area (Å²) in [5, 5.41) is 7.96. The summed E-state index contributed by atoms with van der Waals surface area (Å²) in [6.07, 6.45) is 3.14. The Labute approximate surface area is 128 Å². The zero-order valence-electron chi connectivity index (χ0n) is 11.9. The van der Waals surface area contributed by atoms with Crippen LogP contribution < -0.4 is 5.32 Å².